The Morgan fingerprint density at radius 2 is 2.20 bits per heavy atom. The van der Waals surface area contributed by atoms with Crippen molar-refractivity contribution in [3.8, 4) is 0 Å². The van der Waals surface area contributed by atoms with E-state index in [4.69, 9.17) is 0 Å². The lowest BCUT2D eigenvalue weighted by atomic mass is 10.0. The van der Waals surface area contributed by atoms with E-state index in [1.54, 1.807) is 0 Å². The normalized spacial score (nSPS) is 10.4. The third kappa shape index (κ3) is 1.72. The second-order valence-electron chi connectivity index (χ2n) is 2.60. The Labute approximate surface area is 75.8 Å². The molecule has 53 valence electrons. The van der Waals surface area contributed by atoms with Gasteiger partial charge in [-0.2, -0.15) is 0 Å². The maximum absolute atomic E-state index is 3.05. The first-order valence-corrected chi connectivity index (χ1v) is 4.45. The average Bonchev–Trinajstić information content (AvgIpc) is 1.88. The van der Waals surface area contributed by atoms with Gasteiger partial charge in [-0.3, -0.25) is 0 Å². The molecule has 1 aromatic carbocycles. The fraction of sp³-hybridized carbons (Fsp3) is 0.333. The van der Waals surface area contributed by atoms with Gasteiger partial charge in [-0.15, -0.1) is 0 Å². The molecule has 10 heavy (non-hydrogen) atoms. The van der Waals surface area contributed by atoms with Crippen molar-refractivity contribution in [1.82, 2.24) is 0 Å². The quantitative estimate of drug-likeness (QED) is 0.666. The summed E-state index contributed by atoms with van der Waals surface area (Å²) < 4.78 is 1.31. The Morgan fingerprint density at radius 1 is 1.50 bits per heavy atom. The number of rotatable bonds is 1. The zero-order valence-corrected chi connectivity index (χ0v) is 8.34. The largest absolute Gasteiger partial charge is 0.0586 e. The van der Waals surface area contributed by atoms with Gasteiger partial charge in [0.05, 0.1) is 0 Å². The van der Waals surface area contributed by atoms with Crippen LogP contribution in [0.4, 0.5) is 0 Å². The van der Waals surface area contributed by atoms with Gasteiger partial charge < -0.3 is 0 Å². The van der Waals surface area contributed by atoms with Crippen LogP contribution in [-0.4, -0.2) is 0 Å². The minimum absolute atomic E-state index is 0.626. The van der Waals surface area contributed by atoms with Crippen LogP contribution in [0.5, 0.6) is 0 Å². The van der Waals surface area contributed by atoms with Crippen molar-refractivity contribution in [2.75, 3.05) is 0 Å². The Kier molecular flexibility index (Phi) is 2.72. The van der Waals surface area contributed by atoms with Crippen LogP contribution in [0.2, 0.25) is 0 Å². The van der Waals surface area contributed by atoms with E-state index in [1.807, 2.05) is 12.1 Å². The van der Waals surface area contributed by atoms with E-state index in [9.17, 15) is 0 Å². The highest BCUT2D eigenvalue weighted by Gasteiger charge is 2.00. The van der Waals surface area contributed by atoms with Gasteiger partial charge in [-0.05, 0) is 46.2 Å². The molecule has 1 heteroatoms. The predicted octanol–water partition coefficient (Wildman–Crippen LogP) is 3.21. The molecule has 1 rings (SSSR count). The third-order valence-corrected chi connectivity index (χ3v) is 2.40. The molecule has 0 heterocycles. The molecular formula is C9H10I. The lowest BCUT2D eigenvalue weighted by Gasteiger charge is -2.05. The fourth-order valence-corrected chi connectivity index (χ4v) is 1.87. The maximum Gasteiger partial charge on any atom is 0.0171 e. The summed E-state index contributed by atoms with van der Waals surface area (Å²) in [6.45, 7) is 4.41. The summed E-state index contributed by atoms with van der Waals surface area (Å²) in [5.74, 6) is 0.626. The molecule has 1 radical (unpaired) electrons. The van der Waals surface area contributed by atoms with Gasteiger partial charge in [-0.25, -0.2) is 0 Å². The molecule has 0 fully saturated rings. The van der Waals surface area contributed by atoms with Crippen molar-refractivity contribution in [2.45, 2.75) is 19.8 Å². The third-order valence-electron chi connectivity index (χ3n) is 1.47. The van der Waals surface area contributed by atoms with Crippen LogP contribution < -0.4 is 0 Å². The first-order chi connectivity index (χ1) is 4.72. The molecule has 0 aliphatic rings. The summed E-state index contributed by atoms with van der Waals surface area (Å²) in [4.78, 5) is 0. The highest BCUT2D eigenvalue weighted by molar-refractivity contribution is 14.1. The van der Waals surface area contributed by atoms with Crippen LogP contribution in [0, 0.1) is 9.64 Å². The van der Waals surface area contributed by atoms with Gasteiger partial charge in [0.25, 0.3) is 0 Å². The molecule has 0 aliphatic heterocycles. The van der Waals surface area contributed by atoms with Crippen LogP contribution in [-0.2, 0) is 0 Å². The molecule has 0 bridgehead atoms. The molecule has 1 aromatic rings. The minimum atomic E-state index is 0.626. The van der Waals surface area contributed by atoms with E-state index in [0.717, 1.165) is 0 Å². The lowest BCUT2D eigenvalue weighted by Crippen LogP contribution is -1.89. The van der Waals surface area contributed by atoms with Crippen LogP contribution in [0.25, 0.3) is 0 Å². The zero-order chi connectivity index (χ0) is 7.56. The molecule has 0 amide bonds. The Balaban J connectivity index is 3.03. The van der Waals surface area contributed by atoms with Crippen molar-refractivity contribution < 1.29 is 0 Å². The summed E-state index contributed by atoms with van der Waals surface area (Å²) in [7, 11) is 0. The second kappa shape index (κ2) is 3.37. The first-order valence-electron chi connectivity index (χ1n) is 3.37. The summed E-state index contributed by atoms with van der Waals surface area (Å²) in [5, 5.41) is 0. The van der Waals surface area contributed by atoms with Gasteiger partial charge in [-0.1, -0.05) is 26.0 Å². The molecule has 0 saturated carbocycles. The standard InChI is InChI=1S/C9H10I/c1-7(2)8-5-3-4-6-9(8)10/h3,5-7H,1-2H3. The number of halogens is 1. The van der Waals surface area contributed by atoms with Gasteiger partial charge in [0, 0.05) is 3.57 Å². The van der Waals surface area contributed by atoms with Crippen LogP contribution in [0.1, 0.15) is 25.3 Å². The number of hydrogen-bond acceptors (Lipinski definition) is 0. The molecule has 0 aromatic heterocycles. The van der Waals surface area contributed by atoms with Gasteiger partial charge in [0.1, 0.15) is 0 Å². The zero-order valence-electron chi connectivity index (χ0n) is 6.19. The van der Waals surface area contributed by atoms with E-state index < -0.39 is 0 Å². The molecule has 0 aliphatic carbocycles. The second-order valence-corrected chi connectivity index (χ2v) is 3.76. The predicted molar refractivity (Wildman–Crippen MR) is 52.1 cm³/mol. The Hall–Kier alpha value is -0.0500. The summed E-state index contributed by atoms with van der Waals surface area (Å²) in [5.41, 5.74) is 1.42. The molecule has 0 nitrogen and oxygen atoms in total. The summed E-state index contributed by atoms with van der Waals surface area (Å²) in [6, 6.07) is 9.17. The molecular weight excluding hydrogens is 235 g/mol. The van der Waals surface area contributed by atoms with E-state index in [1.165, 1.54) is 9.13 Å². The van der Waals surface area contributed by atoms with Crippen molar-refractivity contribution in [3.63, 3.8) is 0 Å². The minimum Gasteiger partial charge on any atom is -0.0586 e. The van der Waals surface area contributed by atoms with Crippen LogP contribution >= 0.6 is 22.6 Å². The Morgan fingerprint density at radius 3 is 2.60 bits per heavy atom. The van der Waals surface area contributed by atoms with Gasteiger partial charge in [0.15, 0.2) is 0 Å². The fourth-order valence-electron chi connectivity index (χ4n) is 0.890. The van der Waals surface area contributed by atoms with E-state index in [-0.39, 0.29) is 0 Å². The van der Waals surface area contributed by atoms with Gasteiger partial charge in [0.2, 0.25) is 0 Å². The smallest absolute Gasteiger partial charge is 0.0171 e. The topological polar surface area (TPSA) is 0 Å². The average molecular weight is 245 g/mol. The van der Waals surface area contributed by atoms with Crippen molar-refractivity contribution >= 4 is 22.6 Å². The molecule has 0 saturated heterocycles. The number of hydrogen-bond donors (Lipinski definition) is 0. The Bertz CT molecular complexity index is 216. The first kappa shape index (κ1) is 8.05. The molecule has 0 N–H and O–H groups in total. The molecule has 0 atom stereocenters. The van der Waals surface area contributed by atoms with Crippen LogP contribution in [0.15, 0.2) is 18.2 Å². The highest BCUT2D eigenvalue weighted by atomic mass is 127. The maximum atomic E-state index is 3.05. The van der Waals surface area contributed by atoms with Crippen LogP contribution in [0.3, 0.4) is 0 Å². The number of benzene rings is 1. The summed E-state index contributed by atoms with van der Waals surface area (Å²) in [6.07, 6.45) is 0. The van der Waals surface area contributed by atoms with Crippen molar-refractivity contribution in [3.05, 3.63) is 33.4 Å². The molecule has 0 unspecified atom stereocenters. The van der Waals surface area contributed by atoms with Crippen molar-refractivity contribution in [1.29, 1.82) is 0 Å². The SMILES string of the molecule is CC(C)c1cc[c]cc1I. The monoisotopic (exact) mass is 245 g/mol. The lowest BCUT2D eigenvalue weighted by molar-refractivity contribution is 0.860. The van der Waals surface area contributed by atoms with Gasteiger partial charge >= 0.3 is 0 Å². The summed E-state index contributed by atoms with van der Waals surface area (Å²) >= 11 is 2.34. The van der Waals surface area contributed by atoms with Crippen molar-refractivity contribution in [2.24, 2.45) is 0 Å². The van der Waals surface area contributed by atoms with E-state index in [2.05, 4.69) is 48.6 Å². The van der Waals surface area contributed by atoms with E-state index in [0.29, 0.717) is 5.92 Å². The molecule has 0 spiro atoms. The highest BCUT2D eigenvalue weighted by Crippen LogP contribution is 2.19. The van der Waals surface area contributed by atoms with E-state index >= 15 is 0 Å².